The topological polar surface area (TPSA) is 38.2 Å². The number of hydrogen-bond donors (Lipinski definition) is 0. The zero-order chi connectivity index (χ0) is 11.5. The van der Waals surface area contributed by atoms with Gasteiger partial charge in [-0.15, -0.1) is 0 Å². The average Bonchev–Trinajstić information content (AvgIpc) is 2.61. The molecule has 0 aliphatic carbocycles. The molecular formula is C11H16ClN3O. The molecule has 1 saturated heterocycles. The lowest BCUT2D eigenvalue weighted by Gasteiger charge is -2.17. The van der Waals surface area contributed by atoms with Gasteiger partial charge in [-0.05, 0) is 5.92 Å². The Kier molecular flexibility index (Phi) is 3.61. The number of hydrogen-bond acceptors (Lipinski definition) is 4. The predicted molar refractivity (Wildman–Crippen MR) is 63.8 cm³/mol. The van der Waals surface area contributed by atoms with Crippen molar-refractivity contribution in [2.75, 3.05) is 31.7 Å². The van der Waals surface area contributed by atoms with Crippen LogP contribution in [0, 0.1) is 11.8 Å². The molecule has 1 aromatic rings. The van der Waals surface area contributed by atoms with Crippen LogP contribution >= 0.6 is 11.6 Å². The summed E-state index contributed by atoms with van der Waals surface area (Å²) >= 11 is 6.03. The average molecular weight is 242 g/mol. The van der Waals surface area contributed by atoms with E-state index in [1.54, 1.807) is 19.5 Å². The molecule has 2 rings (SSSR count). The van der Waals surface area contributed by atoms with Gasteiger partial charge in [0.2, 0.25) is 0 Å². The number of halogens is 1. The first-order chi connectivity index (χ1) is 7.72. The standard InChI is InChI=1S/C11H16ClN3O/c1-8-5-15(6-9(8)7-16-2)11-10(12)13-3-4-14-11/h3-4,8-9H,5-7H2,1-2H3/t8-,9-/m1/s1. The SMILES string of the molecule is COC[C@H]1CN(c2nccnc2Cl)C[C@H]1C. The van der Waals surface area contributed by atoms with Crippen molar-refractivity contribution in [2.24, 2.45) is 11.8 Å². The van der Waals surface area contributed by atoms with Crippen LogP contribution in [0.2, 0.25) is 5.15 Å². The maximum Gasteiger partial charge on any atom is 0.171 e. The maximum absolute atomic E-state index is 6.03. The summed E-state index contributed by atoms with van der Waals surface area (Å²) < 4.78 is 5.21. The number of rotatable bonds is 3. The van der Waals surface area contributed by atoms with Crippen LogP contribution in [-0.2, 0) is 4.74 Å². The van der Waals surface area contributed by atoms with E-state index in [-0.39, 0.29) is 0 Å². The van der Waals surface area contributed by atoms with Gasteiger partial charge in [0.15, 0.2) is 11.0 Å². The number of methoxy groups -OCH3 is 1. The van der Waals surface area contributed by atoms with Gasteiger partial charge in [0, 0.05) is 38.5 Å². The smallest absolute Gasteiger partial charge is 0.171 e. The van der Waals surface area contributed by atoms with E-state index in [9.17, 15) is 0 Å². The number of nitrogens with zero attached hydrogens (tertiary/aromatic N) is 3. The van der Waals surface area contributed by atoms with E-state index in [0.29, 0.717) is 17.0 Å². The Hall–Kier alpha value is -0.870. The van der Waals surface area contributed by atoms with Gasteiger partial charge in [-0.1, -0.05) is 18.5 Å². The van der Waals surface area contributed by atoms with E-state index in [4.69, 9.17) is 16.3 Å². The number of anilines is 1. The highest BCUT2D eigenvalue weighted by Crippen LogP contribution is 2.29. The molecule has 1 aliphatic heterocycles. The third-order valence-electron chi connectivity index (χ3n) is 3.08. The fourth-order valence-electron chi connectivity index (χ4n) is 2.16. The van der Waals surface area contributed by atoms with E-state index >= 15 is 0 Å². The highest BCUT2D eigenvalue weighted by molar-refractivity contribution is 6.31. The third-order valence-corrected chi connectivity index (χ3v) is 3.35. The predicted octanol–water partition coefficient (Wildman–Crippen LogP) is 1.85. The molecule has 0 saturated carbocycles. The number of ether oxygens (including phenoxy) is 1. The van der Waals surface area contributed by atoms with Gasteiger partial charge in [-0.25, -0.2) is 9.97 Å². The third kappa shape index (κ3) is 2.28. The molecule has 0 unspecified atom stereocenters. The molecule has 5 heteroatoms. The molecule has 1 aliphatic rings. The molecule has 2 atom stereocenters. The Labute approximate surface area is 101 Å². The lowest BCUT2D eigenvalue weighted by molar-refractivity contribution is 0.144. The molecule has 16 heavy (non-hydrogen) atoms. The Morgan fingerprint density at radius 2 is 2.19 bits per heavy atom. The summed E-state index contributed by atoms with van der Waals surface area (Å²) in [6, 6.07) is 0. The highest BCUT2D eigenvalue weighted by Gasteiger charge is 2.31. The summed E-state index contributed by atoms with van der Waals surface area (Å²) in [5.41, 5.74) is 0. The first kappa shape index (κ1) is 11.6. The van der Waals surface area contributed by atoms with Gasteiger partial charge in [0.25, 0.3) is 0 Å². The lowest BCUT2D eigenvalue weighted by atomic mass is 10.00. The van der Waals surface area contributed by atoms with Gasteiger partial charge in [-0.2, -0.15) is 0 Å². The minimum atomic E-state index is 0.479. The van der Waals surface area contributed by atoms with Crippen LogP contribution < -0.4 is 4.90 Å². The van der Waals surface area contributed by atoms with E-state index in [1.807, 2.05) is 0 Å². The van der Waals surface area contributed by atoms with Gasteiger partial charge in [0.1, 0.15) is 0 Å². The molecule has 1 fully saturated rings. The normalized spacial score (nSPS) is 25.1. The highest BCUT2D eigenvalue weighted by atomic mass is 35.5. The zero-order valence-electron chi connectivity index (χ0n) is 9.56. The van der Waals surface area contributed by atoms with Gasteiger partial charge >= 0.3 is 0 Å². The summed E-state index contributed by atoms with van der Waals surface area (Å²) in [6.45, 7) is 4.92. The monoisotopic (exact) mass is 241 g/mol. The Bertz CT molecular complexity index is 361. The summed E-state index contributed by atoms with van der Waals surface area (Å²) in [5.74, 6) is 1.93. The molecule has 0 bridgehead atoms. The van der Waals surface area contributed by atoms with Crippen LogP contribution in [0.15, 0.2) is 12.4 Å². The molecule has 0 aromatic carbocycles. The molecule has 2 heterocycles. The second-order valence-electron chi connectivity index (χ2n) is 4.27. The van der Waals surface area contributed by atoms with Crippen molar-refractivity contribution in [3.8, 4) is 0 Å². The van der Waals surface area contributed by atoms with E-state index < -0.39 is 0 Å². The second kappa shape index (κ2) is 4.97. The number of aromatic nitrogens is 2. The minimum Gasteiger partial charge on any atom is -0.384 e. The minimum absolute atomic E-state index is 0.479. The quantitative estimate of drug-likeness (QED) is 0.810. The first-order valence-electron chi connectivity index (χ1n) is 5.42. The van der Waals surface area contributed by atoms with Gasteiger partial charge in [-0.3, -0.25) is 0 Å². The van der Waals surface area contributed by atoms with Crippen molar-refractivity contribution >= 4 is 17.4 Å². The molecule has 0 radical (unpaired) electrons. The van der Waals surface area contributed by atoms with Crippen LogP contribution in [0.3, 0.4) is 0 Å². The molecule has 0 N–H and O–H groups in total. The Morgan fingerprint density at radius 3 is 2.88 bits per heavy atom. The first-order valence-corrected chi connectivity index (χ1v) is 5.80. The van der Waals surface area contributed by atoms with Gasteiger partial charge in [0.05, 0.1) is 6.61 Å². The largest absolute Gasteiger partial charge is 0.384 e. The van der Waals surface area contributed by atoms with Crippen molar-refractivity contribution in [3.05, 3.63) is 17.5 Å². The zero-order valence-corrected chi connectivity index (χ0v) is 10.3. The van der Waals surface area contributed by atoms with Crippen molar-refractivity contribution in [3.63, 3.8) is 0 Å². The molecule has 88 valence electrons. The summed E-state index contributed by atoms with van der Waals surface area (Å²) in [6.07, 6.45) is 3.29. The van der Waals surface area contributed by atoms with Crippen molar-refractivity contribution in [1.29, 1.82) is 0 Å². The molecular weight excluding hydrogens is 226 g/mol. The molecule has 0 spiro atoms. The van der Waals surface area contributed by atoms with Crippen LogP contribution in [0.4, 0.5) is 5.82 Å². The fourth-order valence-corrected chi connectivity index (χ4v) is 2.39. The van der Waals surface area contributed by atoms with E-state index in [2.05, 4.69) is 21.8 Å². The molecule has 4 nitrogen and oxygen atoms in total. The Balaban J connectivity index is 2.11. The van der Waals surface area contributed by atoms with Gasteiger partial charge < -0.3 is 9.64 Å². The van der Waals surface area contributed by atoms with E-state index in [0.717, 1.165) is 25.5 Å². The van der Waals surface area contributed by atoms with Crippen molar-refractivity contribution in [2.45, 2.75) is 6.92 Å². The van der Waals surface area contributed by atoms with E-state index in [1.165, 1.54) is 0 Å². The summed E-state index contributed by atoms with van der Waals surface area (Å²) in [7, 11) is 1.74. The maximum atomic E-state index is 6.03. The molecule has 1 aromatic heterocycles. The van der Waals surface area contributed by atoms with Crippen molar-refractivity contribution in [1.82, 2.24) is 9.97 Å². The fraction of sp³-hybridized carbons (Fsp3) is 0.636. The second-order valence-corrected chi connectivity index (χ2v) is 4.63. The lowest BCUT2D eigenvalue weighted by Crippen LogP contribution is -2.22. The van der Waals surface area contributed by atoms with Crippen LogP contribution in [0.25, 0.3) is 0 Å². The van der Waals surface area contributed by atoms with Crippen molar-refractivity contribution < 1.29 is 4.74 Å². The summed E-state index contributed by atoms with van der Waals surface area (Å²) in [5, 5.41) is 0.479. The van der Waals surface area contributed by atoms with Crippen LogP contribution in [0.5, 0.6) is 0 Å². The molecule has 0 amide bonds. The van der Waals surface area contributed by atoms with Crippen LogP contribution in [-0.4, -0.2) is 36.8 Å². The summed E-state index contributed by atoms with van der Waals surface area (Å²) in [4.78, 5) is 10.5. The Morgan fingerprint density at radius 1 is 1.44 bits per heavy atom. The van der Waals surface area contributed by atoms with Crippen LogP contribution in [0.1, 0.15) is 6.92 Å².